The van der Waals surface area contributed by atoms with Crippen molar-refractivity contribution in [1.29, 1.82) is 0 Å². The van der Waals surface area contributed by atoms with Crippen LogP contribution in [0.25, 0.3) is 10.8 Å². The molecule has 1 spiro atoms. The predicted molar refractivity (Wildman–Crippen MR) is 292 cm³/mol. The molecule has 448 valence electrons. The number of anilines is 1. The predicted octanol–water partition coefficient (Wildman–Crippen LogP) is 3.04. The number of nitrogens with one attached hydrogen (secondary N) is 2. The lowest BCUT2D eigenvalue weighted by Gasteiger charge is -2.59. The zero-order valence-electron chi connectivity index (χ0n) is 47.6. The van der Waals surface area contributed by atoms with E-state index in [1.807, 2.05) is 37.2 Å². The lowest BCUT2D eigenvalue weighted by Crippen LogP contribution is -2.67. The van der Waals surface area contributed by atoms with Crippen molar-refractivity contribution in [3.63, 3.8) is 0 Å². The summed E-state index contributed by atoms with van der Waals surface area (Å²) < 4.78 is 82.3. The van der Waals surface area contributed by atoms with E-state index >= 15 is 0 Å². The molecule has 2 aromatic rings. The number of rotatable bonds is 14. The number of nitrogens with zero attached hydrogens (tertiary/aromatic N) is 1. The Hall–Kier alpha value is -2.49. The van der Waals surface area contributed by atoms with Gasteiger partial charge < -0.3 is 83.9 Å². The summed E-state index contributed by atoms with van der Waals surface area (Å²) in [6.07, 6.45) is -11.2. The maximum absolute atomic E-state index is 13.9. The van der Waals surface area contributed by atoms with Gasteiger partial charge >= 0.3 is 0 Å². The molecule has 9 N–H and O–H groups in total. The molecular weight excluding hydrogens is 1050 g/mol. The second-order valence-corrected chi connectivity index (χ2v) is 27.7. The molecule has 8 fully saturated rings. The Morgan fingerprint density at radius 1 is 0.713 bits per heavy atom. The Labute approximate surface area is 470 Å². The van der Waals surface area contributed by atoms with Crippen molar-refractivity contribution < 1.29 is 82.1 Å². The summed E-state index contributed by atoms with van der Waals surface area (Å²) in [6, 6.07) is 10.7. The Balaban J connectivity index is 0.824. The van der Waals surface area contributed by atoms with Crippen molar-refractivity contribution in [2.45, 2.75) is 214 Å². The minimum atomic E-state index is -4.00. The number of hydrogen-bond acceptors (Lipinski definition) is 19. The summed E-state index contributed by atoms with van der Waals surface area (Å²) in [6.45, 7) is 13.4. The third kappa shape index (κ3) is 10.4. The number of sulfonamides is 1. The summed E-state index contributed by atoms with van der Waals surface area (Å²) in [5.41, 5.74) is 2.29. The summed E-state index contributed by atoms with van der Waals surface area (Å²) >= 11 is 0. The first-order chi connectivity index (χ1) is 38.0. The second-order valence-electron chi connectivity index (χ2n) is 26.0. The van der Waals surface area contributed by atoms with Gasteiger partial charge in [0.1, 0.15) is 61.0 Å². The highest BCUT2D eigenvalue weighted by Crippen LogP contribution is 2.71. The van der Waals surface area contributed by atoms with E-state index in [2.05, 4.69) is 43.8 Å². The number of benzene rings is 2. The quantitative estimate of drug-likeness (QED) is 0.0972. The van der Waals surface area contributed by atoms with Gasteiger partial charge in [-0.2, -0.15) is 0 Å². The standard InChI is InChI=1S/C59H89N3O17S/c1-29-17-22-59(72-28-29)30(2)44-41(79-59)26-39-37-16-15-33-25-34(18-20-57(33,5)38(37)19-21-58(39,44)6)75-56-53(78-55-50(68)48(66)46(64)32(4)74-55)51(69)52(77-54-49(67)47(65)45(63)31(3)73-54)42(76-56)27-60-23-24-61-80(70,71)43-14-10-11-35-36(43)12-9-13-40(35)62(7)8/h9-15,29-32,34,37-39,41-42,44-56,60-61,63-69H,16-28H2,1-8H3/t29-,30+,31+,32+,34+,37-,38+,39+,41+,42-,44+,45+,46+,47-,48-,49-,50-,51+,52-,53-,54+,55+,56-,57+,58+,59-/m1/s1. The van der Waals surface area contributed by atoms with Gasteiger partial charge in [0, 0.05) is 62.5 Å². The normalized spacial score (nSPS) is 47.5. The molecule has 3 saturated carbocycles. The third-order valence-corrected chi connectivity index (χ3v) is 22.6. The Morgan fingerprint density at radius 3 is 2.06 bits per heavy atom. The van der Waals surface area contributed by atoms with Crippen LogP contribution in [0.4, 0.5) is 5.69 Å². The molecule has 11 rings (SSSR count). The first-order valence-electron chi connectivity index (χ1n) is 29.6. The van der Waals surface area contributed by atoms with Crippen LogP contribution in [0, 0.1) is 46.3 Å². The van der Waals surface area contributed by atoms with Crippen molar-refractivity contribution >= 4 is 26.5 Å². The summed E-state index contributed by atoms with van der Waals surface area (Å²) in [4.78, 5) is 2.05. The van der Waals surface area contributed by atoms with Gasteiger partial charge in [0.05, 0.1) is 35.9 Å². The van der Waals surface area contributed by atoms with Gasteiger partial charge in [-0.05, 0) is 118 Å². The fourth-order valence-electron chi connectivity index (χ4n) is 16.5. The molecule has 0 unspecified atom stereocenters. The van der Waals surface area contributed by atoms with E-state index in [-0.39, 0.29) is 41.5 Å². The van der Waals surface area contributed by atoms with Crippen LogP contribution in [0.5, 0.6) is 0 Å². The summed E-state index contributed by atoms with van der Waals surface area (Å²) in [7, 11) is -0.214. The molecule has 0 aromatic heterocycles. The van der Waals surface area contributed by atoms with Crippen molar-refractivity contribution in [2.24, 2.45) is 46.3 Å². The van der Waals surface area contributed by atoms with Crippen molar-refractivity contribution in [1.82, 2.24) is 10.0 Å². The van der Waals surface area contributed by atoms with E-state index in [0.29, 0.717) is 53.7 Å². The zero-order chi connectivity index (χ0) is 57.0. The summed E-state index contributed by atoms with van der Waals surface area (Å²) in [5, 5.41) is 82.5. The highest BCUT2D eigenvalue weighted by molar-refractivity contribution is 7.89. The van der Waals surface area contributed by atoms with Gasteiger partial charge in [-0.1, -0.05) is 63.6 Å². The maximum atomic E-state index is 13.9. The van der Waals surface area contributed by atoms with Crippen LogP contribution in [0.3, 0.4) is 0 Å². The molecule has 5 heterocycles. The molecule has 26 atom stereocenters. The van der Waals surface area contributed by atoms with E-state index in [4.69, 9.17) is 37.9 Å². The molecule has 80 heavy (non-hydrogen) atoms. The van der Waals surface area contributed by atoms with Crippen LogP contribution in [-0.4, -0.2) is 195 Å². The van der Waals surface area contributed by atoms with Crippen molar-refractivity contribution in [3.8, 4) is 0 Å². The van der Waals surface area contributed by atoms with Crippen LogP contribution in [0.15, 0.2) is 52.9 Å². The van der Waals surface area contributed by atoms with Crippen LogP contribution in [-0.2, 0) is 47.9 Å². The first kappa shape index (κ1) is 59.2. The maximum Gasteiger partial charge on any atom is 0.241 e. The Morgan fingerprint density at radius 2 is 1.39 bits per heavy atom. The van der Waals surface area contributed by atoms with Gasteiger partial charge in [0.25, 0.3) is 0 Å². The van der Waals surface area contributed by atoms with Gasteiger partial charge in [-0.15, -0.1) is 0 Å². The fraction of sp³-hybridized carbons (Fsp3) is 0.797. The number of allylic oxidation sites excluding steroid dienone is 1. The van der Waals surface area contributed by atoms with Gasteiger partial charge in [0.2, 0.25) is 10.0 Å². The van der Waals surface area contributed by atoms with Gasteiger partial charge in [-0.25, -0.2) is 13.1 Å². The molecule has 2 aromatic carbocycles. The molecule has 0 radical (unpaired) electrons. The molecule has 0 amide bonds. The lowest BCUT2D eigenvalue weighted by atomic mass is 9.47. The van der Waals surface area contributed by atoms with Crippen molar-refractivity contribution in [3.05, 3.63) is 48.0 Å². The molecule has 21 heteroatoms. The van der Waals surface area contributed by atoms with Crippen LogP contribution in [0.2, 0.25) is 0 Å². The number of hydrogen-bond donors (Lipinski definition) is 9. The summed E-state index contributed by atoms with van der Waals surface area (Å²) in [5.74, 6) is 2.41. The number of aliphatic hydroxyl groups excluding tert-OH is 7. The van der Waals surface area contributed by atoms with Gasteiger partial charge in [0.15, 0.2) is 24.7 Å². The van der Waals surface area contributed by atoms with Gasteiger partial charge in [-0.3, -0.25) is 0 Å². The van der Waals surface area contributed by atoms with E-state index in [0.717, 1.165) is 62.6 Å². The highest BCUT2D eigenvalue weighted by atomic mass is 32.2. The molecule has 20 nitrogen and oxygen atoms in total. The van der Waals surface area contributed by atoms with Crippen molar-refractivity contribution in [2.75, 3.05) is 45.2 Å². The van der Waals surface area contributed by atoms with E-state index in [9.17, 15) is 44.2 Å². The SMILES string of the molecule is C[C@@H]1CC[C@@]2(OC1)O[C@H]1C[C@H]3[C@@H]4CC=C5C[C@@H](O[C@@H]6O[C@H](CNCCNS(=O)(=O)c7cccc8c(N(C)C)cccc78)[C@@H](O[C@@H]7O[C@@H](C)[C@H](O)[C@@H](O)[C@H]7O)[C@H](O)[C@H]6O[C@@H]6O[C@@H](C)[C@H](O)[C@@H](O)[C@H]6O)CC[C@]5(C)[C@H]4CC[C@]3(C)[C@H]1[C@@H]2C. The third-order valence-electron chi connectivity index (χ3n) is 21.0. The molecule has 5 aliphatic heterocycles. The topological polar surface area (TPSA) is 277 Å². The Bertz CT molecular complexity index is 2660. The molecule has 0 bridgehead atoms. The fourth-order valence-corrected chi connectivity index (χ4v) is 17.7. The monoisotopic (exact) mass is 1140 g/mol. The Kier molecular flexibility index (Phi) is 16.8. The molecule has 9 aliphatic rings. The smallest absolute Gasteiger partial charge is 0.241 e. The average Bonchev–Trinajstić information content (AvgIpc) is 4.00. The second kappa shape index (κ2) is 22.7. The first-order valence-corrected chi connectivity index (χ1v) is 31.0. The minimum absolute atomic E-state index is 0.0468. The molecule has 4 aliphatic carbocycles. The van der Waals surface area contributed by atoms with Crippen LogP contribution in [0.1, 0.15) is 99.3 Å². The number of aliphatic hydroxyl groups is 7. The van der Waals surface area contributed by atoms with Crippen LogP contribution < -0.4 is 14.9 Å². The van der Waals surface area contributed by atoms with E-state index in [1.165, 1.54) is 19.4 Å². The zero-order valence-corrected chi connectivity index (χ0v) is 48.4. The van der Waals surface area contributed by atoms with E-state index < -0.39 is 114 Å². The number of ether oxygens (including phenoxy) is 8. The molecular formula is C59H89N3O17S. The van der Waals surface area contributed by atoms with Crippen LogP contribution >= 0.6 is 0 Å². The van der Waals surface area contributed by atoms with E-state index in [1.54, 1.807) is 18.2 Å². The largest absolute Gasteiger partial charge is 0.388 e. The average molecular weight is 1140 g/mol. The lowest BCUT2D eigenvalue weighted by molar-refractivity contribution is -0.386. The highest BCUT2D eigenvalue weighted by Gasteiger charge is 2.69. The molecule has 5 saturated heterocycles. The number of fused-ring (bicyclic) bond motifs is 8. The minimum Gasteiger partial charge on any atom is -0.388 e.